The lowest BCUT2D eigenvalue weighted by Crippen LogP contribution is -2.22. The zero-order chi connectivity index (χ0) is 8.43. The van der Waals surface area contributed by atoms with Crippen molar-refractivity contribution in [3.05, 3.63) is 11.6 Å². The second kappa shape index (κ2) is 3.42. The molecule has 1 aliphatic rings. The summed E-state index contributed by atoms with van der Waals surface area (Å²) in [7, 11) is 0. The van der Waals surface area contributed by atoms with Crippen molar-refractivity contribution in [2.45, 2.75) is 40.5 Å². The van der Waals surface area contributed by atoms with Crippen LogP contribution in [0.2, 0.25) is 0 Å². The van der Waals surface area contributed by atoms with Crippen molar-refractivity contribution in [3.8, 4) is 0 Å². The molecule has 0 saturated heterocycles. The fourth-order valence-electron chi connectivity index (χ4n) is 2.24. The minimum Gasteiger partial charge on any atom is -0.0850 e. The summed E-state index contributed by atoms with van der Waals surface area (Å²) in [5.41, 5.74) is 1.62. The van der Waals surface area contributed by atoms with Crippen LogP contribution in [0.15, 0.2) is 11.6 Å². The van der Waals surface area contributed by atoms with Crippen molar-refractivity contribution < 1.29 is 0 Å². The van der Waals surface area contributed by atoms with E-state index in [2.05, 4.69) is 33.8 Å². The summed E-state index contributed by atoms with van der Waals surface area (Å²) in [6.45, 7) is 9.36. The molecule has 0 nitrogen and oxygen atoms in total. The Balaban J connectivity index is 2.72. The van der Waals surface area contributed by atoms with Crippen LogP contribution in [0.1, 0.15) is 40.5 Å². The first-order valence-electron chi connectivity index (χ1n) is 4.83. The van der Waals surface area contributed by atoms with Crippen molar-refractivity contribution in [2.75, 3.05) is 0 Å². The molecule has 0 N–H and O–H groups in total. The molecule has 1 rings (SSSR count). The third kappa shape index (κ3) is 1.66. The Morgan fingerprint density at radius 3 is 2.55 bits per heavy atom. The molecule has 11 heavy (non-hydrogen) atoms. The van der Waals surface area contributed by atoms with Gasteiger partial charge in [-0.15, -0.1) is 0 Å². The molecule has 1 aliphatic carbocycles. The molecule has 0 aromatic rings. The quantitative estimate of drug-likeness (QED) is 0.503. The Morgan fingerprint density at radius 2 is 2.09 bits per heavy atom. The third-order valence-electron chi connectivity index (χ3n) is 3.37. The Morgan fingerprint density at radius 1 is 1.45 bits per heavy atom. The van der Waals surface area contributed by atoms with Gasteiger partial charge in [0.2, 0.25) is 0 Å². The Labute approximate surface area is 70.7 Å². The average molecular weight is 152 g/mol. The Bertz CT molecular complexity index is 155. The van der Waals surface area contributed by atoms with Crippen LogP contribution in [0.5, 0.6) is 0 Å². The van der Waals surface area contributed by atoms with Gasteiger partial charge in [0.1, 0.15) is 0 Å². The zero-order valence-electron chi connectivity index (χ0n) is 8.22. The van der Waals surface area contributed by atoms with E-state index in [0.717, 1.165) is 17.8 Å². The van der Waals surface area contributed by atoms with Gasteiger partial charge in [-0.2, -0.15) is 0 Å². The molecule has 0 aromatic carbocycles. The molecule has 0 aromatic heterocycles. The number of allylic oxidation sites excluding steroid dienone is 2. The topological polar surface area (TPSA) is 0 Å². The molecular formula is C11H20. The Hall–Kier alpha value is -0.260. The van der Waals surface area contributed by atoms with E-state index >= 15 is 0 Å². The average Bonchev–Trinajstić information content (AvgIpc) is 1.99. The molecule has 0 bridgehead atoms. The SMILES string of the molecule is CCC1C(C)=CCC(C)C1C. The van der Waals surface area contributed by atoms with Crippen LogP contribution >= 0.6 is 0 Å². The summed E-state index contributed by atoms with van der Waals surface area (Å²) in [5, 5.41) is 0. The van der Waals surface area contributed by atoms with Crippen molar-refractivity contribution in [2.24, 2.45) is 17.8 Å². The fraction of sp³-hybridized carbons (Fsp3) is 0.818. The fourth-order valence-corrected chi connectivity index (χ4v) is 2.24. The van der Waals surface area contributed by atoms with Gasteiger partial charge in [-0.25, -0.2) is 0 Å². The van der Waals surface area contributed by atoms with E-state index in [-0.39, 0.29) is 0 Å². The van der Waals surface area contributed by atoms with E-state index in [1.165, 1.54) is 12.8 Å². The summed E-state index contributed by atoms with van der Waals surface area (Å²) in [6, 6.07) is 0. The van der Waals surface area contributed by atoms with Crippen molar-refractivity contribution in [3.63, 3.8) is 0 Å². The second-order valence-electron chi connectivity index (χ2n) is 4.03. The van der Waals surface area contributed by atoms with E-state index < -0.39 is 0 Å². The molecule has 0 heteroatoms. The van der Waals surface area contributed by atoms with Gasteiger partial charge in [0.05, 0.1) is 0 Å². The van der Waals surface area contributed by atoms with Crippen molar-refractivity contribution in [1.29, 1.82) is 0 Å². The first-order chi connectivity index (χ1) is 5.16. The molecule has 3 unspecified atom stereocenters. The van der Waals surface area contributed by atoms with Gasteiger partial charge in [0.15, 0.2) is 0 Å². The summed E-state index contributed by atoms with van der Waals surface area (Å²) in [4.78, 5) is 0. The minimum atomic E-state index is 0.860. The molecule has 64 valence electrons. The summed E-state index contributed by atoms with van der Waals surface area (Å²) in [6.07, 6.45) is 5.04. The predicted molar refractivity (Wildman–Crippen MR) is 50.5 cm³/mol. The molecule has 0 aliphatic heterocycles. The predicted octanol–water partition coefficient (Wildman–Crippen LogP) is 3.63. The highest BCUT2D eigenvalue weighted by molar-refractivity contribution is 5.09. The van der Waals surface area contributed by atoms with Gasteiger partial charge in [-0.1, -0.05) is 32.4 Å². The molecule has 0 fully saturated rings. The highest BCUT2D eigenvalue weighted by Gasteiger charge is 2.25. The van der Waals surface area contributed by atoms with Gasteiger partial charge in [0, 0.05) is 0 Å². The molecule has 0 heterocycles. The maximum atomic E-state index is 2.43. The lowest BCUT2D eigenvalue weighted by molar-refractivity contribution is 0.270. The van der Waals surface area contributed by atoms with Crippen LogP contribution in [0, 0.1) is 17.8 Å². The highest BCUT2D eigenvalue weighted by Crippen LogP contribution is 2.35. The number of hydrogen-bond donors (Lipinski definition) is 0. The van der Waals surface area contributed by atoms with E-state index in [0.29, 0.717) is 0 Å². The summed E-state index contributed by atoms with van der Waals surface area (Å²) < 4.78 is 0. The van der Waals surface area contributed by atoms with Gasteiger partial charge >= 0.3 is 0 Å². The highest BCUT2D eigenvalue weighted by atomic mass is 14.3. The summed E-state index contributed by atoms with van der Waals surface area (Å²) >= 11 is 0. The lowest BCUT2D eigenvalue weighted by Gasteiger charge is -2.32. The van der Waals surface area contributed by atoms with Crippen LogP contribution in [0.4, 0.5) is 0 Å². The van der Waals surface area contributed by atoms with E-state index in [4.69, 9.17) is 0 Å². The maximum absolute atomic E-state index is 2.43. The first-order valence-corrected chi connectivity index (χ1v) is 4.83. The minimum absolute atomic E-state index is 0.860. The van der Waals surface area contributed by atoms with Crippen LogP contribution in [-0.2, 0) is 0 Å². The number of rotatable bonds is 1. The molecule has 0 spiro atoms. The third-order valence-corrected chi connectivity index (χ3v) is 3.37. The van der Waals surface area contributed by atoms with E-state index in [1.54, 1.807) is 5.57 Å². The van der Waals surface area contributed by atoms with Crippen molar-refractivity contribution in [1.82, 2.24) is 0 Å². The zero-order valence-corrected chi connectivity index (χ0v) is 8.22. The van der Waals surface area contributed by atoms with Gasteiger partial charge in [0.25, 0.3) is 0 Å². The molecule has 3 atom stereocenters. The number of hydrogen-bond acceptors (Lipinski definition) is 0. The van der Waals surface area contributed by atoms with Crippen LogP contribution in [0.3, 0.4) is 0 Å². The van der Waals surface area contributed by atoms with Crippen LogP contribution in [-0.4, -0.2) is 0 Å². The smallest absolute Gasteiger partial charge is 0.0180 e. The van der Waals surface area contributed by atoms with Gasteiger partial charge in [-0.05, 0) is 37.5 Å². The standard InChI is InChI=1S/C11H20/c1-5-11-9(3)7-6-8(2)10(11)4/h7-8,10-11H,5-6H2,1-4H3. The molecular weight excluding hydrogens is 132 g/mol. The Kier molecular flexibility index (Phi) is 2.75. The van der Waals surface area contributed by atoms with Crippen LogP contribution < -0.4 is 0 Å². The molecule has 0 amide bonds. The normalized spacial score (nSPS) is 38.5. The molecule has 0 saturated carbocycles. The summed E-state index contributed by atoms with van der Waals surface area (Å²) in [5.74, 6) is 2.65. The largest absolute Gasteiger partial charge is 0.0850 e. The first kappa shape index (κ1) is 8.83. The molecule has 0 radical (unpaired) electrons. The van der Waals surface area contributed by atoms with Gasteiger partial charge < -0.3 is 0 Å². The maximum Gasteiger partial charge on any atom is -0.0180 e. The van der Waals surface area contributed by atoms with Crippen LogP contribution in [0.25, 0.3) is 0 Å². The van der Waals surface area contributed by atoms with Gasteiger partial charge in [-0.3, -0.25) is 0 Å². The van der Waals surface area contributed by atoms with Crippen molar-refractivity contribution >= 4 is 0 Å². The van der Waals surface area contributed by atoms with E-state index in [1.807, 2.05) is 0 Å². The monoisotopic (exact) mass is 152 g/mol. The second-order valence-corrected chi connectivity index (χ2v) is 4.03. The van der Waals surface area contributed by atoms with E-state index in [9.17, 15) is 0 Å². The lowest BCUT2D eigenvalue weighted by atomic mass is 9.73.